The minimum absolute atomic E-state index is 0.0640. The molecule has 0 saturated carbocycles. The number of ether oxygens (including phenoxy) is 2. The van der Waals surface area contributed by atoms with Gasteiger partial charge in [-0.15, -0.1) is 11.6 Å². The Hall–Kier alpha value is -1.96. The molecule has 0 fully saturated rings. The van der Waals surface area contributed by atoms with Gasteiger partial charge in [-0.25, -0.2) is 14.8 Å². The quantitative estimate of drug-likeness (QED) is 0.639. The van der Waals surface area contributed by atoms with Gasteiger partial charge in [0.2, 0.25) is 0 Å². The van der Waals surface area contributed by atoms with Crippen molar-refractivity contribution in [2.75, 3.05) is 7.11 Å². The molecule has 0 radical (unpaired) electrons. The zero-order chi connectivity index (χ0) is 14.9. The summed E-state index contributed by atoms with van der Waals surface area (Å²) in [5, 5.41) is 0. The summed E-state index contributed by atoms with van der Waals surface area (Å²) in [6.07, 6.45) is 0. The van der Waals surface area contributed by atoms with Gasteiger partial charge in [0.1, 0.15) is 5.82 Å². The Bertz CT molecular complexity index is 660. The number of methoxy groups -OCH3 is 1. The third kappa shape index (κ3) is 2.51. The average Bonchev–Trinajstić information content (AvgIpc) is 2.74. The molecule has 2 rings (SSSR count). The van der Waals surface area contributed by atoms with E-state index < -0.39 is 12.6 Å². The van der Waals surface area contributed by atoms with E-state index in [0.717, 1.165) is 13.2 Å². The summed E-state index contributed by atoms with van der Waals surface area (Å²) in [5.74, 6) is -0.540. The minimum Gasteiger partial charge on any atom is -0.464 e. The number of rotatable bonds is 4. The lowest BCUT2D eigenvalue weighted by atomic mass is 10.3. The van der Waals surface area contributed by atoms with E-state index in [1.807, 2.05) is 0 Å². The lowest BCUT2D eigenvalue weighted by Crippen LogP contribution is -2.08. The molecule has 20 heavy (non-hydrogen) atoms. The van der Waals surface area contributed by atoms with Crippen molar-refractivity contribution in [3.05, 3.63) is 17.6 Å². The van der Waals surface area contributed by atoms with Crippen molar-refractivity contribution >= 4 is 28.7 Å². The molecule has 0 aromatic carbocycles. The Morgan fingerprint density at radius 2 is 2.20 bits per heavy atom. The predicted octanol–water partition coefficient (Wildman–Crippen LogP) is 2.10. The van der Waals surface area contributed by atoms with Gasteiger partial charge in [0.25, 0.3) is 0 Å². The van der Waals surface area contributed by atoms with E-state index in [-0.39, 0.29) is 28.5 Å². The molecule has 0 aliphatic heterocycles. The van der Waals surface area contributed by atoms with E-state index in [1.165, 1.54) is 4.57 Å². The van der Waals surface area contributed by atoms with Crippen LogP contribution in [0.3, 0.4) is 0 Å². The van der Waals surface area contributed by atoms with E-state index in [1.54, 1.807) is 7.05 Å². The molecule has 2 heterocycles. The van der Waals surface area contributed by atoms with Gasteiger partial charge in [0.15, 0.2) is 22.6 Å². The smallest absolute Gasteiger partial charge is 0.387 e. The van der Waals surface area contributed by atoms with Crippen molar-refractivity contribution in [1.82, 2.24) is 14.5 Å². The van der Waals surface area contributed by atoms with Gasteiger partial charge in [-0.2, -0.15) is 8.78 Å². The number of alkyl halides is 3. The highest BCUT2D eigenvalue weighted by atomic mass is 35.5. The average molecular weight is 306 g/mol. The fourth-order valence-corrected chi connectivity index (χ4v) is 1.92. The summed E-state index contributed by atoms with van der Waals surface area (Å²) in [7, 11) is 2.77. The summed E-state index contributed by atoms with van der Waals surface area (Å²) in [5.41, 5.74) is 0.162. The molecular weight excluding hydrogens is 296 g/mol. The van der Waals surface area contributed by atoms with Gasteiger partial charge in [-0.3, -0.25) is 0 Å². The third-order valence-corrected chi connectivity index (χ3v) is 2.85. The van der Waals surface area contributed by atoms with Gasteiger partial charge in [-0.1, -0.05) is 0 Å². The summed E-state index contributed by atoms with van der Waals surface area (Å²) in [6.45, 7) is -3.05. The molecule has 9 heteroatoms. The summed E-state index contributed by atoms with van der Waals surface area (Å²) < 4.78 is 35.3. The van der Waals surface area contributed by atoms with Crippen molar-refractivity contribution in [2.45, 2.75) is 12.5 Å². The molecule has 0 amide bonds. The maximum atomic E-state index is 12.4. The monoisotopic (exact) mass is 305 g/mol. The van der Waals surface area contributed by atoms with Crippen molar-refractivity contribution in [2.24, 2.45) is 7.05 Å². The second-order valence-electron chi connectivity index (χ2n) is 3.77. The Labute approximate surface area is 117 Å². The number of pyridine rings is 1. The van der Waals surface area contributed by atoms with E-state index >= 15 is 0 Å². The van der Waals surface area contributed by atoms with E-state index in [9.17, 15) is 13.6 Å². The van der Waals surface area contributed by atoms with Crippen LogP contribution in [-0.2, 0) is 17.7 Å². The van der Waals surface area contributed by atoms with E-state index in [4.69, 9.17) is 11.6 Å². The largest absolute Gasteiger partial charge is 0.464 e. The summed E-state index contributed by atoms with van der Waals surface area (Å²) >= 11 is 5.70. The molecule has 0 aliphatic rings. The number of esters is 1. The second-order valence-corrected chi connectivity index (χ2v) is 4.04. The van der Waals surface area contributed by atoms with Gasteiger partial charge in [0.05, 0.1) is 13.0 Å². The van der Waals surface area contributed by atoms with Crippen LogP contribution in [0.15, 0.2) is 6.07 Å². The van der Waals surface area contributed by atoms with Crippen molar-refractivity contribution in [3.8, 4) is 5.75 Å². The Kier molecular flexibility index (Phi) is 4.03. The normalized spacial score (nSPS) is 11.1. The van der Waals surface area contributed by atoms with Gasteiger partial charge in [0, 0.05) is 13.1 Å². The molecule has 108 valence electrons. The highest BCUT2D eigenvalue weighted by Crippen LogP contribution is 2.27. The SMILES string of the molecule is COC(=O)c1cc(OC(F)F)c2nc(CCl)n(C)c2n1. The zero-order valence-electron chi connectivity index (χ0n) is 10.6. The van der Waals surface area contributed by atoms with Gasteiger partial charge < -0.3 is 14.0 Å². The zero-order valence-corrected chi connectivity index (χ0v) is 11.3. The highest BCUT2D eigenvalue weighted by molar-refractivity contribution is 6.16. The van der Waals surface area contributed by atoms with E-state index in [2.05, 4.69) is 19.4 Å². The molecule has 6 nitrogen and oxygen atoms in total. The van der Waals surface area contributed by atoms with Crippen LogP contribution < -0.4 is 4.74 Å². The first kappa shape index (κ1) is 14.4. The summed E-state index contributed by atoms with van der Waals surface area (Å²) in [4.78, 5) is 19.6. The van der Waals surface area contributed by atoms with Crippen LogP contribution >= 0.6 is 11.6 Å². The maximum absolute atomic E-state index is 12.4. The van der Waals surface area contributed by atoms with E-state index in [0.29, 0.717) is 5.82 Å². The molecule has 0 bridgehead atoms. The van der Waals surface area contributed by atoms with Crippen LogP contribution in [0.4, 0.5) is 8.78 Å². The molecule has 2 aromatic heterocycles. The number of aryl methyl sites for hydroxylation is 1. The number of fused-ring (bicyclic) bond motifs is 1. The highest BCUT2D eigenvalue weighted by Gasteiger charge is 2.20. The molecule has 0 spiro atoms. The number of hydrogen-bond acceptors (Lipinski definition) is 5. The number of carbonyl (C=O) groups excluding carboxylic acids is 1. The Balaban J connectivity index is 2.69. The van der Waals surface area contributed by atoms with Crippen LogP contribution in [0, 0.1) is 0 Å². The lowest BCUT2D eigenvalue weighted by Gasteiger charge is -2.07. The Morgan fingerprint density at radius 3 is 2.75 bits per heavy atom. The molecule has 0 atom stereocenters. The number of nitrogens with zero attached hydrogens (tertiary/aromatic N) is 3. The second kappa shape index (κ2) is 5.58. The topological polar surface area (TPSA) is 66.2 Å². The first-order chi connectivity index (χ1) is 9.47. The number of aromatic nitrogens is 3. The van der Waals surface area contributed by atoms with Crippen molar-refractivity contribution < 1.29 is 23.0 Å². The van der Waals surface area contributed by atoms with Crippen molar-refractivity contribution in [1.29, 1.82) is 0 Å². The van der Waals surface area contributed by atoms with Crippen LogP contribution in [-0.4, -0.2) is 34.2 Å². The molecule has 0 unspecified atom stereocenters. The summed E-state index contributed by atoms with van der Waals surface area (Å²) in [6, 6.07) is 1.06. The first-order valence-corrected chi connectivity index (χ1v) is 5.96. The van der Waals surface area contributed by atoms with Gasteiger partial charge >= 0.3 is 12.6 Å². The first-order valence-electron chi connectivity index (χ1n) is 5.43. The molecule has 2 aromatic rings. The number of imidazole rings is 1. The number of hydrogen-bond donors (Lipinski definition) is 0. The fraction of sp³-hybridized carbons (Fsp3) is 0.364. The van der Waals surface area contributed by atoms with Crippen molar-refractivity contribution in [3.63, 3.8) is 0 Å². The van der Waals surface area contributed by atoms with Crippen LogP contribution in [0.25, 0.3) is 11.2 Å². The minimum atomic E-state index is -3.05. The van der Waals surface area contributed by atoms with Crippen LogP contribution in [0.2, 0.25) is 0 Å². The molecule has 0 aliphatic carbocycles. The fourth-order valence-electron chi connectivity index (χ4n) is 1.68. The predicted molar refractivity (Wildman–Crippen MR) is 66.0 cm³/mol. The van der Waals surface area contributed by atoms with Crippen LogP contribution in [0.5, 0.6) is 5.75 Å². The van der Waals surface area contributed by atoms with Crippen LogP contribution in [0.1, 0.15) is 16.3 Å². The third-order valence-electron chi connectivity index (χ3n) is 2.62. The Morgan fingerprint density at radius 1 is 1.50 bits per heavy atom. The number of halogens is 3. The standard InChI is InChI=1S/C11H10ClF2N3O3/c1-17-7(4-12)16-8-6(20-11(13)14)3-5(10(18)19-2)15-9(8)17/h3,11H,4H2,1-2H3. The van der Waals surface area contributed by atoms with Gasteiger partial charge in [-0.05, 0) is 0 Å². The number of carbonyl (C=O) groups is 1. The molecule has 0 N–H and O–H groups in total. The molecule has 0 saturated heterocycles. The lowest BCUT2D eigenvalue weighted by molar-refractivity contribution is -0.0490. The molecular formula is C11H10ClF2N3O3. The maximum Gasteiger partial charge on any atom is 0.387 e.